The number of ether oxygens (including phenoxy) is 2. The normalized spacial score (nSPS) is 13.5. The molecule has 0 aliphatic carbocycles. The van der Waals surface area contributed by atoms with Crippen LogP contribution in [0.5, 0.6) is 11.5 Å². The molecule has 3 aromatic rings. The first-order chi connectivity index (χ1) is 16.6. The van der Waals surface area contributed by atoms with E-state index in [0.717, 1.165) is 22.4 Å². The molecule has 2 aromatic carbocycles. The minimum Gasteiger partial charge on any atom is -0.491 e. The summed E-state index contributed by atoms with van der Waals surface area (Å²) in [5, 5.41) is 37.2. The van der Waals surface area contributed by atoms with Crippen molar-refractivity contribution >= 4 is 34.2 Å². The zero-order valence-electron chi connectivity index (χ0n) is 20.0. The van der Waals surface area contributed by atoms with Crippen LogP contribution in [0.1, 0.15) is 36.2 Å². The molecule has 0 aliphatic heterocycles. The largest absolute Gasteiger partial charge is 0.491 e. The molecule has 0 saturated heterocycles. The molecule has 3 N–H and O–H groups in total. The molecule has 35 heavy (non-hydrogen) atoms. The molecule has 1 heterocycles. The molecule has 0 bridgehead atoms. The fourth-order valence-electron chi connectivity index (χ4n) is 3.61. The third-order valence-corrected chi connectivity index (χ3v) is 7.04. The van der Waals surface area contributed by atoms with Crippen LogP contribution in [0.2, 0.25) is 0 Å². The minimum absolute atomic E-state index is 0.0864. The quantitative estimate of drug-likeness (QED) is 0.212. The second-order valence-corrected chi connectivity index (χ2v) is 10.2. The van der Waals surface area contributed by atoms with E-state index in [2.05, 4.69) is 30.2 Å². The van der Waals surface area contributed by atoms with E-state index < -0.39 is 12.2 Å². The summed E-state index contributed by atoms with van der Waals surface area (Å²) in [5.74, 6) is 1.51. The first kappa shape index (κ1) is 27.7. The minimum atomic E-state index is -0.803. The first-order valence-corrected chi connectivity index (χ1v) is 12.8. The first-order valence-electron chi connectivity index (χ1n) is 11.2. The number of aliphatic hydroxyl groups excluding tert-OH is 3. The molecule has 0 aliphatic rings. The fourth-order valence-corrected chi connectivity index (χ4v) is 4.25. The smallest absolute Gasteiger partial charge is 0.149 e. The topological polar surface area (TPSA) is 110 Å². The van der Waals surface area contributed by atoms with Crippen molar-refractivity contribution in [2.75, 3.05) is 19.1 Å². The Balaban J connectivity index is 1.61. The highest BCUT2D eigenvalue weighted by Crippen LogP contribution is 2.34. The van der Waals surface area contributed by atoms with Gasteiger partial charge in [-0.2, -0.15) is 0 Å². The predicted octanol–water partition coefficient (Wildman–Crippen LogP) is 3.43. The van der Waals surface area contributed by atoms with Crippen molar-refractivity contribution in [3.05, 3.63) is 68.5 Å². The van der Waals surface area contributed by atoms with Crippen LogP contribution in [0.15, 0.2) is 42.5 Å². The Morgan fingerprint density at radius 2 is 1.69 bits per heavy atom. The monoisotopic (exact) mass is 615 g/mol. The molecule has 0 spiro atoms. The number of aromatic nitrogens is 3. The zero-order chi connectivity index (χ0) is 25.6. The van der Waals surface area contributed by atoms with Crippen LogP contribution in [0.25, 0.3) is 0 Å². The summed E-state index contributed by atoms with van der Waals surface area (Å²) in [6.45, 7) is 6.51. The molecular weight excluding hydrogens is 585 g/mol. The maximum Gasteiger partial charge on any atom is 0.149 e. The Kier molecular flexibility index (Phi) is 9.77. The number of rotatable bonds is 12. The molecule has 0 radical (unpaired) electrons. The van der Waals surface area contributed by atoms with Crippen molar-refractivity contribution in [2.24, 2.45) is 0 Å². The van der Waals surface area contributed by atoms with Crippen LogP contribution >= 0.6 is 34.2 Å². The van der Waals surface area contributed by atoms with Gasteiger partial charge in [-0.3, -0.25) is 0 Å². The Morgan fingerprint density at radius 1 is 1.03 bits per heavy atom. The van der Waals surface area contributed by atoms with E-state index in [1.54, 1.807) is 0 Å². The van der Waals surface area contributed by atoms with Crippen LogP contribution < -0.4 is 9.47 Å². The van der Waals surface area contributed by atoms with Crippen LogP contribution in [0.3, 0.4) is 0 Å². The van der Waals surface area contributed by atoms with Crippen LogP contribution in [0.4, 0.5) is 0 Å². The lowest BCUT2D eigenvalue weighted by Gasteiger charge is -2.27. The molecule has 0 saturated carbocycles. The molecule has 2 atom stereocenters. The van der Waals surface area contributed by atoms with Gasteiger partial charge in [0, 0.05) is 5.41 Å². The van der Waals surface area contributed by atoms with Crippen LogP contribution in [0, 0.1) is 10.6 Å². The van der Waals surface area contributed by atoms with Crippen molar-refractivity contribution in [2.45, 2.75) is 51.5 Å². The van der Waals surface area contributed by atoms with Gasteiger partial charge >= 0.3 is 0 Å². The number of alkyl halides is 1. The second kappa shape index (κ2) is 12.4. The SMILES string of the molecule is Cc1cc(C(C)(C)c2ccc(OC[C@H](O)Cn3nnc(I)c3CO)cc2)ccc1OC[C@@H](O)CCl. The van der Waals surface area contributed by atoms with Gasteiger partial charge in [0.1, 0.15) is 40.6 Å². The lowest BCUT2D eigenvalue weighted by atomic mass is 9.77. The Hall–Kier alpha value is -1.92. The molecule has 3 rings (SSSR count). The van der Waals surface area contributed by atoms with Crippen molar-refractivity contribution in [3.63, 3.8) is 0 Å². The summed E-state index contributed by atoms with van der Waals surface area (Å²) in [5.41, 5.74) is 3.53. The van der Waals surface area contributed by atoms with Gasteiger partial charge in [0.15, 0.2) is 0 Å². The van der Waals surface area contributed by atoms with Gasteiger partial charge in [-0.1, -0.05) is 43.3 Å². The van der Waals surface area contributed by atoms with E-state index in [1.165, 1.54) is 4.68 Å². The fraction of sp³-hybridized carbons (Fsp3) is 0.440. The van der Waals surface area contributed by atoms with Gasteiger partial charge in [-0.15, -0.1) is 16.7 Å². The van der Waals surface area contributed by atoms with Gasteiger partial charge in [0.2, 0.25) is 0 Å². The van der Waals surface area contributed by atoms with E-state index in [-0.39, 0.29) is 37.7 Å². The highest BCUT2D eigenvalue weighted by Gasteiger charge is 2.24. The third kappa shape index (κ3) is 7.07. The van der Waals surface area contributed by atoms with Crippen molar-refractivity contribution < 1.29 is 24.8 Å². The van der Waals surface area contributed by atoms with Crippen LogP contribution in [-0.4, -0.2) is 61.6 Å². The Labute approximate surface area is 224 Å². The second-order valence-electron chi connectivity index (χ2n) is 8.88. The Bertz CT molecular complexity index is 1110. The molecule has 0 fully saturated rings. The van der Waals surface area contributed by atoms with Gasteiger partial charge in [-0.25, -0.2) is 4.68 Å². The van der Waals surface area contributed by atoms with Crippen LogP contribution in [-0.2, 0) is 18.6 Å². The van der Waals surface area contributed by atoms with E-state index in [1.807, 2.05) is 65.9 Å². The number of hydrogen-bond donors (Lipinski definition) is 3. The van der Waals surface area contributed by atoms with Crippen molar-refractivity contribution in [1.29, 1.82) is 0 Å². The number of hydrogen-bond acceptors (Lipinski definition) is 7. The Morgan fingerprint density at radius 3 is 2.31 bits per heavy atom. The highest BCUT2D eigenvalue weighted by atomic mass is 127. The standard InChI is InChI=1S/C25H31ClIN3O5/c1-16-10-18(6-9-23(16)35-14-19(32)11-26)25(2,3)17-4-7-21(8-5-17)34-15-20(33)12-30-22(13-31)24(27)28-29-30/h4-10,19-20,31-33H,11-15H2,1-3H3/t19-,20+/m0/s1. The van der Waals surface area contributed by atoms with Gasteiger partial charge in [0.25, 0.3) is 0 Å². The van der Waals surface area contributed by atoms with Crippen molar-refractivity contribution in [1.82, 2.24) is 15.0 Å². The van der Waals surface area contributed by atoms with E-state index in [9.17, 15) is 15.3 Å². The molecular formula is C25H31ClIN3O5. The molecule has 1 aromatic heterocycles. The lowest BCUT2D eigenvalue weighted by molar-refractivity contribution is 0.0866. The summed E-state index contributed by atoms with van der Waals surface area (Å²) in [6.07, 6.45) is -1.50. The van der Waals surface area contributed by atoms with Gasteiger partial charge < -0.3 is 24.8 Å². The average molecular weight is 616 g/mol. The highest BCUT2D eigenvalue weighted by molar-refractivity contribution is 14.1. The van der Waals surface area contributed by atoms with Gasteiger partial charge in [-0.05, 0) is 64.4 Å². The third-order valence-electron chi connectivity index (χ3n) is 5.85. The maximum absolute atomic E-state index is 10.3. The predicted molar refractivity (Wildman–Crippen MR) is 142 cm³/mol. The van der Waals surface area contributed by atoms with E-state index in [4.69, 9.17) is 21.1 Å². The maximum atomic E-state index is 10.3. The molecule has 0 unspecified atom stereocenters. The summed E-state index contributed by atoms with van der Waals surface area (Å²) >= 11 is 7.63. The number of aliphatic hydroxyl groups is 3. The number of halogens is 2. The summed E-state index contributed by atoms with van der Waals surface area (Å²) in [7, 11) is 0. The lowest BCUT2D eigenvalue weighted by Crippen LogP contribution is -2.25. The van der Waals surface area contributed by atoms with E-state index in [0.29, 0.717) is 15.1 Å². The average Bonchev–Trinajstić information content (AvgIpc) is 3.20. The summed E-state index contributed by atoms with van der Waals surface area (Å²) in [6, 6.07) is 13.9. The van der Waals surface area contributed by atoms with Crippen molar-refractivity contribution in [3.8, 4) is 11.5 Å². The number of benzene rings is 2. The summed E-state index contributed by atoms with van der Waals surface area (Å²) < 4.78 is 13.5. The number of aryl methyl sites for hydroxylation is 1. The molecule has 0 amide bonds. The molecule has 10 heteroatoms. The van der Waals surface area contributed by atoms with Gasteiger partial charge in [0.05, 0.1) is 24.7 Å². The number of nitrogens with zero attached hydrogens (tertiary/aromatic N) is 3. The summed E-state index contributed by atoms with van der Waals surface area (Å²) in [4.78, 5) is 0. The molecule has 8 nitrogen and oxygen atoms in total. The molecule has 190 valence electrons. The zero-order valence-corrected chi connectivity index (χ0v) is 22.9. The van der Waals surface area contributed by atoms with E-state index >= 15 is 0 Å².